The first-order valence-electron chi connectivity index (χ1n) is 10.3. The Bertz CT molecular complexity index is 1560. The number of fused-ring (bicyclic) bond motifs is 4. The summed E-state index contributed by atoms with van der Waals surface area (Å²) < 4.78 is 6.49. The maximum absolute atomic E-state index is 6.49. The largest absolute Gasteiger partial charge is 0.455 e. The lowest BCUT2D eigenvalue weighted by Gasteiger charge is -2.07. The molecule has 0 unspecified atom stereocenters. The van der Waals surface area contributed by atoms with Crippen LogP contribution in [-0.4, -0.2) is 15.0 Å². The molecule has 4 nitrogen and oxygen atoms in total. The van der Waals surface area contributed by atoms with Crippen molar-refractivity contribution in [3.05, 3.63) is 77.4 Å². The van der Waals surface area contributed by atoms with E-state index in [4.69, 9.17) is 4.42 Å². The minimum absolute atomic E-state index is 0.386. The fourth-order valence-electron chi connectivity index (χ4n) is 4.27. The van der Waals surface area contributed by atoms with Crippen molar-refractivity contribution in [3.8, 4) is 22.5 Å². The Hall–Kier alpha value is -3.57. The van der Waals surface area contributed by atoms with Gasteiger partial charge in [0.05, 0.1) is 22.4 Å². The van der Waals surface area contributed by atoms with E-state index < -0.39 is 0 Å². The predicted octanol–water partition coefficient (Wildman–Crippen LogP) is 7.44. The van der Waals surface area contributed by atoms with Crippen LogP contribution in [0.3, 0.4) is 0 Å². The van der Waals surface area contributed by atoms with Gasteiger partial charge in [-0.15, -0.1) is 11.3 Å². The van der Waals surface area contributed by atoms with Crippen LogP contribution >= 0.6 is 11.3 Å². The standard InChI is InChI=1S/C26H19N3OS/c1-15(2)17-5-3-6-18-19-7-4-8-21(26(19)30-25(17)18)24-20-10-9-16(23-12-31-14-29-23)11-22(20)27-13-28-24/h3-15H,1-2H3. The second kappa shape index (κ2) is 7.00. The molecule has 0 fully saturated rings. The topological polar surface area (TPSA) is 51.8 Å². The van der Waals surface area contributed by atoms with Gasteiger partial charge in [-0.05, 0) is 29.7 Å². The Morgan fingerprint density at radius 2 is 1.68 bits per heavy atom. The van der Waals surface area contributed by atoms with E-state index in [9.17, 15) is 0 Å². The third kappa shape index (κ3) is 2.85. The summed E-state index contributed by atoms with van der Waals surface area (Å²) in [6.45, 7) is 4.39. The first-order valence-corrected chi connectivity index (χ1v) is 11.2. The van der Waals surface area contributed by atoms with Crippen LogP contribution in [0, 0.1) is 0 Å². The quantitative estimate of drug-likeness (QED) is 0.298. The molecule has 0 aliphatic rings. The number of hydrogen-bond donors (Lipinski definition) is 0. The Morgan fingerprint density at radius 1 is 0.839 bits per heavy atom. The zero-order chi connectivity index (χ0) is 20.9. The second-order valence-electron chi connectivity index (χ2n) is 7.99. The number of para-hydroxylation sites is 2. The van der Waals surface area contributed by atoms with Crippen molar-refractivity contribution in [2.45, 2.75) is 19.8 Å². The van der Waals surface area contributed by atoms with Gasteiger partial charge in [-0.3, -0.25) is 0 Å². The van der Waals surface area contributed by atoms with Gasteiger partial charge in [0.25, 0.3) is 0 Å². The molecule has 0 amide bonds. The van der Waals surface area contributed by atoms with Crippen molar-refractivity contribution in [1.82, 2.24) is 15.0 Å². The Morgan fingerprint density at radius 3 is 2.48 bits per heavy atom. The average Bonchev–Trinajstić information content (AvgIpc) is 3.46. The van der Waals surface area contributed by atoms with E-state index in [1.165, 1.54) is 5.56 Å². The van der Waals surface area contributed by atoms with E-state index >= 15 is 0 Å². The fourth-order valence-corrected chi connectivity index (χ4v) is 4.83. The van der Waals surface area contributed by atoms with E-state index in [1.54, 1.807) is 17.7 Å². The summed E-state index contributed by atoms with van der Waals surface area (Å²) in [4.78, 5) is 13.6. The number of aromatic nitrogens is 3. The first kappa shape index (κ1) is 18.2. The summed E-state index contributed by atoms with van der Waals surface area (Å²) in [5, 5.41) is 5.30. The van der Waals surface area contributed by atoms with E-state index in [1.807, 2.05) is 10.9 Å². The molecule has 3 aromatic heterocycles. The molecule has 0 N–H and O–H groups in total. The minimum atomic E-state index is 0.386. The van der Waals surface area contributed by atoms with Crippen LogP contribution in [0.1, 0.15) is 25.3 Å². The highest BCUT2D eigenvalue weighted by molar-refractivity contribution is 7.07. The van der Waals surface area contributed by atoms with Crippen molar-refractivity contribution < 1.29 is 4.42 Å². The van der Waals surface area contributed by atoms with Crippen molar-refractivity contribution >= 4 is 44.2 Å². The van der Waals surface area contributed by atoms with E-state index in [0.717, 1.165) is 55.4 Å². The number of thiazole rings is 1. The zero-order valence-corrected chi connectivity index (χ0v) is 18.0. The maximum atomic E-state index is 6.49. The molecule has 0 saturated carbocycles. The average molecular weight is 422 g/mol. The van der Waals surface area contributed by atoms with Gasteiger partial charge in [0.1, 0.15) is 17.5 Å². The second-order valence-corrected chi connectivity index (χ2v) is 8.71. The molecule has 3 aromatic carbocycles. The molecule has 3 heterocycles. The van der Waals surface area contributed by atoms with Crippen LogP contribution in [-0.2, 0) is 0 Å². The summed E-state index contributed by atoms with van der Waals surface area (Å²) in [6.07, 6.45) is 1.63. The number of hydrogen-bond acceptors (Lipinski definition) is 5. The summed E-state index contributed by atoms with van der Waals surface area (Å²) in [6, 6.07) is 18.9. The van der Waals surface area contributed by atoms with Crippen LogP contribution in [0.15, 0.2) is 76.2 Å². The van der Waals surface area contributed by atoms with Crippen molar-refractivity contribution in [2.24, 2.45) is 0 Å². The highest BCUT2D eigenvalue weighted by Crippen LogP contribution is 2.39. The number of rotatable bonds is 3. The molecule has 0 spiro atoms. The van der Waals surface area contributed by atoms with Gasteiger partial charge >= 0.3 is 0 Å². The van der Waals surface area contributed by atoms with Crippen LogP contribution in [0.5, 0.6) is 0 Å². The van der Waals surface area contributed by atoms with Gasteiger partial charge in [0, 0.05) is 32.7 Å². The lowest BCUT2D eigenvalue weighted by molar-refractivity contribution is 0.658. The predicted molar refractivity (Wildman–Crippen MR) is 127 cm³/mol. The summed E-state index contributed by atoms with van der Waals surface area (Å²) >= 11 is 1.59. The highest BCUT2D eigenvalue weighted by Gasteiger charge is 2.18. The first-order chi connectivity index (χ1) is 15.2. The maximum Gasteiger partial charge on any atom is 0.144 e. The highest BCUT2D eigenvalue weighted by atomic mass is 32.1. The molecular weight excluding hydrogens is 402 g/mol. The number of nitrogens with zero attached hydrogens (tertiary/aromatic N) is 3. The van der Waals surface area contributed by atoms with Crippen molar-refractivity contribution in [2.75, 3.05) is 0 Å². The van der Waals surface area contributed by atoms with Gasteiger partial charge in [0.15, 0.2) is 0 Å². The normalized spacial score (nSPS) is 11.8. The van der Waals surface area contributed by atoms with E-state index in [2.05, 4.69) is 83.4 Å². The Kier molecular flexibility index (Phi) is 4.11. The molecule has 6 rings (SSSR count). The van der Waals surface area contributed by atoms with Crippen molar-refractivity contribution in [3.63, 3.8) is 0 Å². The van der Waals surface area contributed by atoms with Gasteiger partial charge in [-0.1, -0.05) is 50.2 Å². The van der Waals surface area contributed by atoms with Crippen LogP contribution in [0.25, 0.3) is 55.4 Å². The van der Waals surface area contributed by atoms with Gasteiger partial charge < -0.3 is 4.42 Å². The van der Waals surface area contributed by atoms with Crippen LogP contribution < -0.4 is 0 Å². The summed E-state index contributed by atoms with van der Waals surface area (Å²) in [5.74, 6) is 0.386. The van der Waals surface area contributed by atoms with Crippen LogP contribution in [0.4, 0.5) is 0 Å². The molecular formula is C26H19N3OS. The monoisotopic (exact) mass is 421 g/mol. The third-order valence-electron chi connectivity index (χ3n) is 5.80. The summed E-state index contributed by atoms with van der Waals surface area (Å²) in [7, 11) is 0. The third-order valence-corrected chi connectivity index (χ3v) is 6.38. The zero-order valence-electron chi connectivity index (χ0n) is 17.2. The molecule has 0 bridgehead atoms. The fraction of sp³-hybridized carbons (Fsp3) is 0.115. The van der Waals surface area contributed by atoms with E-state index in [-0.39, 0.29) is 0 Å². The Balaban J connectivity index is 1.61. The van der Waals surface area contributed by atoms with Gasteiger partial charge in [-0.2, -0.15) is 0 Å². The smallest absolute Gasteiger partial charge is 0.144 e. The molecule has 0 aliphatic carbocycles. The lowest BCUT2D eigenvalue weighted by Crippen LogP contribution is -1.90. The SMILES string of the molecule is CC(C)c1cccc2c1oc1c(-c3ncnc4cc(-c5cscn5)ccc34)cccc12. The van der Waals surface area contributed by atoms with Gasteiger partial charge in [-0.25, -0.2) is 15.0 Å². The molecule has 5 heteroatoms. The number of benzene rings is 3. The lowest BCUT2D eigenvalue weighted by atomic mass is 9.99. The molecule has 6 aromatic rings. The number of furan rings is 1. The molecule has 0 radical (unpaired) electrons. The molecule has 0 saturated heterocycles. The molecule has 0 atom stereocenters. The van der Waals surface area contributed by atoms with E-state index in [0.29, 0.717) is 5.92 Å². The summed E-state index contributed by atoms with van der Waals surface area (Å²) in [5.41, 5.74) is 9.68. The molecule has 0 aliphatic heterocycles. The van der Waals surface area contributed by atoms with Gasteiger partial charge in [0.2, 0.25) is 0 Å². The molecule has 150 valence electrons. The van der Waals surface area contributed by atoms with Crippen molar-refractivity contribution in [1.29, 1.82) is 0 Å². The minimum Gasteiger partial charge on any atom is -0.455 e. The Labute approximate surface area is 183 Å². The van der Waals surface area contributed by atoms with Crippen LogP contribution in [0.2, 0.25) is 0 Å². The molecule has 31 heavy (non-hydrogen) atoms.